The third kappa shape index (κ3) is 2.33. The van der Waals surface area contributed by atoms with E-state index in [2.05, 4.69) is 4.98 Å². The molecule has 1 N–H and O–H groups in total. The van der Waals surface area contributed by atoms with Crippen LogP contribution in [0.25, 0.3) is 0 Å². The summed E-state index contributed by atoms with van der Waals surface area (Å²) < 4.78 is 5.88. The number of rotatable bonds is 1. The maximum atomic E-state index is 12.3. The Bertz CT molecular complexity index is 532. The molecule has 1 unspecified atom stereocenters. The molecule has 3 heterocycles. The highest BCUT2D eigenvalue weighted by Crippen LogP contribution is 2.35. The van der Waals surface area contributed by atoms with Crippen molar-refractivity contribution in [3.63, 3.8) is 0 Å². The summed E-state index contributed by atoms with van der Waals surface area (Å²) in [7, 11) is 1.83. The summed E-state index contributed by atoms with van der Waals surface area (Å²) >= 11 is 0. The van der Waals surface area contributed by atoms with E-state index in [1.54, 1.807) is 23.4 Å². The molecule has 1 aromatic heterocycles. The standard InChI is InChI=1S/C15H21N3O3/c1-11-15(21-10-13(19)17(11)2)4-7-18(8-5-15)14(20)12-3-6-16-9-12/h3,6,9,11,16H,4-5,7-8,10H2,1-2H3. The zero-order valence-corrected chi connectivity index (χ0v) is 12.5. The molecule has 2 saturated heterocycles. The summed E-state index contributed by atoms with van der Waals surface area (Å²) in [6, 6.07) is 1.84. The average molecular weight is 291 g/mol. The minimum Gasteiger partial charge on any atom is -0.367 e. The molecule has 2 aliphatic rings. The fourth-order valence-corrected chi connectivity index (χ4v) is 3.29. The normalized spacial score (nSPS) is 25.4. The van der Waals surface area contributed by atoms with Crippen molar-refractivity contribution in [1.82, 2.24) is 14.8 Å². The van der Waals surface area contributed by atoms with E-state index in [0.29, 0.717) is 18.7 Å². The summed E-state index contributed by atoms with van der Waals surface area (Å²) in [5.74, 6) is 0.0814. The SMILES string of the molecule is CC1N(C)C(=O)COC12CCN(C(=O)c1cc[nH]c1)CC2. The van der Waals surface area contributed by atoms with Gasteiger partial charge in [-0.15, -0.1) is 0 Å². The van der Waals surface area contributed by atoms with Gasteiger partial charge in [-0.1, -0.05) is 0 Å². The van der Waals surface area contributed by atoms with Crippen molar-refractivity contribution in [2.24, 2.45) is 0 Å². The fourth-order valence-electron chi connectivity index (χ4n) is 3.29. The predicted molar refractivity (Wildman–Crippen MR) is 76.8 cm³/mol. The first-order chi connectivity index (χ1) is 10.0. The van der Waals surface area contributed by atoms with Crippen LogP contribution in [0.4, 0.5) is 0 Å². The first kappa shape index (κ1) is 14.1. The van der Waals surface area contributed by atoms with Crippen molar-refractivity contribution >= 4 is 11.8 Å². The molecule has 1 aromatic rings. The molecule has 0 aromatic carbocycles. The van der Waals surface area contributed by atoms with Gasteiger partial charge in [-0.25, -0.2) is 0 Å². The van der Waals surface area contributed by atoms with Crippen LogP contribution < -0.4 is 0 Å². The summed E-state index contributed by atoms with van der Waals surface area (Å²) in [6.07, 6.45) is 5.01. The molecule has 2 amide bonds. The molecule has 114 valence electrons. The van der Waals surface area contributed by atoms with Gasteiger partial charge in [-0.3, -0.25) is 9.59 Å². The van der Waals surface area contributed by atoms with E-state index >= 15 is 0 Å². The second-order valence-electron chi connectivity index (χ2n) is 5.93. The minimum atomic E-state index is -0.308. The summed E-state index contributed by atoms with van der Waals surface area (Å²) in [4.78, 5) is 30.6. The Kier molecular flexibility index (Phi) is 3.49. The largest absolute Gasteiger partial charge is 0.367 e. The van der Waals surface area contributed by atoms with Gasteiger partial charge in [0.25, 0.3) is 5.91 Å². The van der Waals surface area contributed by atoms with E-state index in [-0.39, 0.29) is 30.1 Å². The monoisotopic (exact) mass is 291 g/mol. The fraction of sp³-hybridized carbons (Fsp3) is 0.600. The van der Waals surface area contributed by atoms with Gasteiger partial charge in [0.1, 0.15) is 6.61 Å². The molecule has 1 atom stereocenters. The van der Waals surface area contributed by atoms with Gasteiger partial charge in [0, 0.05) is 32.5 Å². The van der Waals surface area contributed by atoms with Crippen molar-refractivity contribution in [2.75, 3.05) is 26.7 Å². The highest BCUT2D eigenvalue weighted by molar-refractivity contribution is 5.94. The van der Waals surface area contributed by atoms with Crippen LogP contribution in [0.3, 0.4) is 0 Å². The maximum Gasteiger partial charge on any atom is 0.255 e. The lowest BCUT2D eigenvalue weighted by Gasteiger charge is -2.50. The maximum absolute atomic E-state index is 12.3. The van der Waals surface area contributed by atoms with Gasteiger partial charge >= 0.3 is 0 Å². The van der Waals surface area contributed by atoms with E-state index in [1.807, 2.05) is 18.9 Å². The molecule has 0 bridgehead atoms. The molecule has 2 aliphatic heterocycles. The third-order valence-electron chi connectivity index (χ3n) is 4.96. The first-order valence-corrected chi connectivity index (χ1v) is 7.35. The number of likely N-dealkylation sites (N-methyl/N-ethyl adjacent to an activating group) is 1. The Labute approximate surface area is 124 Å². The number of carbonyl (C=O) groups is 2. The molecular formula is C15H21N3O3. The smallest absolute Gasteiger partial charge is 0.255 e. The molecular weight excluding hydrogens is 270 g/mol. The molecule has 0 saturated carbocycles. The second kappa shape index (κ2) is 5.18. The van der Waals surface area contributed by atoms with Crippen LogP contribution >= 0.6 is 0 Å². The van der Waals surface area contributed by atoms with E-state index in [1.165, 1.54) is 0 Å². The van der Waals surface area contributed by atoms with Gasteiger partial charge in [0.2, 0.25) is 5.91 Å². The van der Waals surface area contributed by atoms with Crippen molar-refractivity contribution in [2.45, 2.75) is 31.4 Å². The van der Waals surface area contributed by atoms with Crippen LogP contribution in [0.2, 0.25) is 0 Å². The Balaban J connectivity index is 1.67. The number of ether oxygens (including phenoxy) is 1. The topological polar surface area (TPSA) is 65.6 Å². The number of aromatic amines is 1. The summed E-state index contributed by atoms with van der Waals surface area (Å²) in [5, 5.41) is 0. The quantitative estimate of drug-likeness (QED) is 0.835. The van der Waals surface area contributed by atoms with Crippen molar-refractivity contribution in [3.8, 4) is 0 Å². The molecule has 1 spiro atoms. The lowest BCUT2D eigenvalue weighted by Crippen LogP contribution is -2.63. The van der Waals surface area contributed by atoms with Gasteiger partial charge in [0.05, 0.1) is 17.2 Å². The Morgan fingerprint density at radius 3 is 2.76 bits per heavy atom. The zero-order chi connectivity index (χ0) is 15.0. The molecule has 3 rings (SSSR count). The molecule has 6 heteroatoms. The van der Waals surface area contributed by atoms with Crippen LogP contribution in [-0.4, -0.2) is 65.0 Å². The number of carbonyl (C=O) groups excluding carboxylic acids is 2. The van der Waals surface area contributed by atoms with Crippen molar-refractivity contribution in [3.05, 3.63) is 24.0 Å². The lowest BCUT2D eigenvalue weighted by atomic mass is 9.82. The van der Waals surface area contributed by atoms with Crippen LogP contribution in [0.5, 0.6) is 0 Å². The first-order valence-electron chi connectivity index (χ1n) is 7.35. The van der Waals surface area contributed by atoms with Crippen LogP contribution in [-0.2, 0) is 9.53 Å². The van der Waals surface area contributed by atoms with E-state index in [4.69, 9.17) is 4.74 Å². The number of aromatic nitrogens is 1. The highest BCUT2D eigenvalue weighted by Gasteiger charge is 2.47. The van der Waals surface area contributed by atoms with Crippen LogP contribution in [0.15, 0.2) is 18.5 Å². The highest BCUT2D eigenvalue weighted by atomic mass is 16.5. The van der Waals surface area contributed by atoms with Gasteiger partial charge in [-0.2, -0.15) is 0 Å². The molecule has 0 radical (unpaired) electrons. The number of piperidine rings is 1. The average Bonchev–Trinajstić information content (AvgIpc) is 3.04. The van der Waals surface area contributed by atoms with Gasteiger partial charge in [-0.05, 0) is 25.8 Å². The molecule has 0 aliphatic carbocycles. The Hall–Kier alpha value is -1.82. The number of nitrogens with one attached hydrogen (secondary N) is 1. The van der Waals surface area contributed by atoms with Crippen LogP contribution in [0, 0.1) is 0 Å². The Morgan fingerprint density at radius 2 is 2.14 bits per heavy atom. The number of amides is 2. The zero-order valence-electron chi connectivity index (χ0n) is 12.5. The van der Waals surface area contributed by atoms with Crippen molar-refractivity contribution < 1.29 is 14.3 Å². The number of hydrogen-bond donors (Lipinski definition) is 1. The predicted octanol–water partition coefficient (Wildman–Crippen LogP) is 0.867. The van der Waals surface area contributed by atoms with E-state index < -0.39 is 0 Å². The molecule has 2 fully saturated rings. The number of likely N-dealkylation sites (tertiary alicyclic amines) is 1. The van der Waals surface area contributed by atoms with Gasteiger partial charge in [0.15, 0.2) is 0 Å². The number of hydrogen-bond acceptors (Lipinski definition) is 3. The lowest BCUT2D eigenvalue weighted by molar-refractivity contribution is -0.181. The second-order valence-corrected chi connectivity index (χ2v) is 5.93. The van der Waals surface area contributed by atoms with Gasteiger partial charge < -0.3 is 19.5 Å². The molecule has 21 heavy (non-hydrogen) atoms. The summed E-state index contributed by atoms with van der Waals surface area (Å²) in [5.41, 5.74) is 0.383. The van der Waals surface area contributed by atoms with Crippen molar-refractivity contribution in [1.29, 1.82) is 0 Å². The number of morpholine rings is 1. The Morgan fingerprint density at radius 1 is 1.43 bits per heavy atom. The number of nitrogens with zero attached hydrogens (tertiary/aromatic N) is 2. The van der Waals surface area contributed by atoms with E-state index in [9.17, 15) is 9.59 Å². The van der Waals surface area contributed by atoms with Crippen LogP contribution in [0.1, 0.15) is 30.1 Å². The minimum absolute atomic E-state index is 0.0268. The van der Waals surface area contributed by atoms with E-state index in [0.717, 1.165) is 12.8 Å². The summed E-state index contributed by atoms with van der Waals surface area (Å²) in [6.45, 7) is 3.50. The number of H-pyrrole nitrogens is 1. The molecule has 6 nitrogen and oxygen atoms in total. The third-order valence-corrected chi connectivity index (χ3v) is 4.96.